The molecule has 25 heavy (non-hydrogen) atoms. The van der Waals surface area contributed by atoms with Crippen molar-refractivity contribution in [2.24, 2.45) is 0 Å². The summed E-state index contributed by atoms with van der Waals surface area (Å²) in [5, 5.41) is 7.07. The van der Waals surface area contributed by atoms with E-state index in [1.807, 2.05) is 13.8 Å². The first-order valence-corrected chi connectivity index (χ1v) is 8.60. The molecule has 2 heterocycles. The first kappa shape index (κ1) is 17.2. The lowest BCUT2D eigenvalue weighted by molar-refractivity contribution is 0.102. The van der Waals surface area contributed by atoms with Crippen LogP contribution in [0.5, 0.6) is 0 Å². The molecule has 128 valence electrons. The highest BCUT2D eigenvalue weighted by molar-refractivity contribution is 7.98. The van der Waals surface area contributed by atoms with Crippen LogP contribution in [0.3, 0.4) is 0 Å². The Morgan fingerprint density at radius 3 is 2.76 bits per heavy atom. The van der Waals surface area contributed by atoms with E-state index >= 15 is 0 Å². The number of carbonyl (C=O) groups excluding carboxylic acids is 1. The van der Waals surface area contributed by atoms with E-state index in [1.54, 1.807) is 30.5 Å². The molecule has 5 nitrogen and oxygen atoms in total. The average Bonchev–Trinajstić information content (AvgIpc) is 2.93. The Hall–Kier alpha value is -2.67. The largest absolute Gasteiger partial charge is 0.361 e. The maximum absolute atomic E-state index is 13.7. The second-order valence-corrected chi connectivity index (χ2v) is 6.35. The van der Waals surface area contributed by atoms with Crippen molar-refractivity contribution in [3.05, 3.63) is 71.0 Å². The number of aryl methyl sites for hydroxylation is 2. The summed E-state index contributed by atoms with van der Waals surface area (Å²) in [6.07, 6.45) is 1.62. The molecule has 0 aliphatic heterocycles. The normalized spacial score (nSPS) is 10.7. The average molecular weight is 357 g/mol. The predicted molar refractivity (Wildman–Crippen MR) is 94.1 cm³/mol. The summed E-state index contributed by atoms with van der Waals surface area (Å²) in [6, 6.07) is 9.39. The molecule has 0 atom stereocenters. The summed E-state index contributed by atoms with van der Waals surface area (Å²) < 4.78 is 18.9. The van der Waals surface area contributed by atoms with Crippen molar-refractivity contribution in [1.82, 2.24) is 10.1 Å². The molecule has 1 N–H and O–H groups in total. The summed E-state index contributed by atoms with van der Waals surface area (Å²) >= 11 is 1.41. The van der Waals surface area contributed by atoms with Gasteiger partial charge in [-0.05, 0) is 38.1 Å². The summed E-state index contributed by atoms with van der Waals surface area (Å²) in [5.74, 6) is 0.445. The van der Waals surface area contributed by atoms with Crippen LogP contribution in [0, 0.1) is 19.7 Å². The van der Waals surface area contributed by atoms with Crippen LogP contribution in [0.1, 0.15) is 27.4 Å². The van der Waals surface area contributed by atoms with Crippen molar-refractivity contribution in [1.29, 1.82) is 0 Å². The zero-order valence-electron chi connectivity index (χ0n) is 13.7. The van der Waals surface area contributed by atoms with Crippen molar-refractivity contribution in [3.63, 3.8) is 0 Å². The van der Waals surface area contributed by atoms with E-state index in [0.717, 1.165) is 17.0 Å². The van der Waals surface area contributed by atoms with Gasteiger partial charge < -0.3 is 9.84 Å². The van der Waals surface area contributed by atoms with Crippen LogP contribution in [0.25, 0.3) is 0 Å². The fourth-order valence-corrected chi connectivity index (χ4v) is 3.42. The molecular weight excluding hydrogens is 341 g/mol. The molecular formula is C18H16FN3O2S. The number of benzene rings is 1. The van der Waals surface area contributed by atoms with Crippen molar-refractivity contribution >= 4 is 23.4 Å². The van der Waals surface area contributed by atoms with E-state index in [4.69, 9.17) is 4.52 Å². The van der Waals surface area contributed by atoms with Crippen LogP contribution >= 0.6 is 11.8 Å². The zero-order valence-corrected chi connectivity index (χ0v) is 14.6. The predicted octanol–water partition coefficient (Wildman–Crippen LogP) is 4.37. The smallest absolute Gasteiger partial charge is 0.258 e. The van der Waals surface area contributed by atoms with E-state index in [-0.39, 0.29) is 5.69 Å². The fraction of sp³-hybridized carbons (Fsp3) is 0.167. The minimum atomic E-state index is -0.482. The summed E-state index contributed by atoms with van der Waals surface area (Å²) in [4.78, 5) is 16.8. The van der Waals surface area contributed by atoms with E-state index < -0.39 is 11.7 Å². The Morgan fingerprint density at radius 2 is 2.04 bits per heavy atom. The van der Waals surface area contributed by atoms with Crippen LogP contribution in [0.4, 0.5) is 10.1 Å². The first-order chi connectivity index (χ1) is 12.1. The van der Waals surface area contributed by atoms with Crippen LogP contribution in [0.2, 0.25) is 0 Å². The minimum Gasteiger partial charge on any atom is -0.361 e. The van der Waals surface area contributed by atoms with Gasteiger partial charge in [-0.25, -0.2) is 9.37 Å². The van der Waals surface area contributed by atoms with Gasteiger partial charge in [0.15, 0.2) is 0 Å². The number of nitrogens with zero attached hydrogens (tertiary/aromatic N) is 2. The minimum absolute atomic E-state index is 0.137. The Balaban J connectivity index is 1.79. The molecule has 3 aromatic rings. The zero-order chi connectivity index (χ0) is 17.8. The number of hydrogen-bond acceptors (Lipinski definition) is 5. The van der Waals surface area contributed by atoms with Gasteiger partial charge in [0.25, 0.3) is 5.91 Å². The lowest BCUT2D eigenvalue weighted by Crippen LogP contribution is -2.14. The molecule has 2 aromatic heterocycles. The number of hydrogen-bond donors (Lipinski definition) is 1. The highest BCUT2D eigenvalue weighted by Crippen LogP contribution is 2.27. The van der Waals surface area contributed by atoms with Gasteiger partial charge in [0.2, 0.25) is 0 Å². The molecule has 3 rings (SSSR count). The highest BCUT2D eigenvalue weighted by atomic mass is 32.2. The Bertz CT molecular complexity index is 891. The number of rotatable bonds is 5. The number of amides is 1. The summed E-state index contributed by atoms with van der Waals surface area (Å²) in [6.45, 7) is 3.72. The molecule has 0 spiro atoms. The molecule has 0 fully saturated rings. The molecule has 7 heteroatoms. The molecule has 0 radical (unpaired) electrons. The van der Waals surface area contributed by atoms with Crippen molar-refractivity contribution in [3.8, 4) is 0 Å². The van der Waals surface area contributed by atoms with Crippen molar-refractivity contribution < 1.29 is 13.7 Å². The molecule has 0 aliphatic carbocycles. The van der Waals surface area contributed by atoms with Gasteiger partial charge >= 0.3 is 0 Å². The van der Waals surface area contributed by atoms with Crippen LogP contribution < -0.4 is 5.32 Å². The molecule has 0 saturated carbocycles. The molecule has 0 unspecified atom stereocenters. The number of pyridine rings is 1. The molecule has 1 amide bonds. The summed E-state index contributed by atoms with van der Waals surface area (Å²) in [5.41, 5.74) is 2.33. The van der Waals surface area contributed by atoms with Gasteiger partial charge in [0.05, 0.1) is 16.9 Å². The number of carbonyl (C=O) groups is 1. The van der Waals surface area contributed by atoms with Gasteiger partial charge in [-0.2, -0.15) is 0 Å². The topological polar surface area (TPSA) is 68.0 Å². The highest BCUT2D eigenvalue weighted by Gasteiger charge is 2.16. The number of para-hydroxylation sites is 1. The Labute approximate surface area is 148 Å². The maximum Gasteiger partial charge on any atom is 0.258 e. The van der Waals surface area contributed by atoms with Gasteiger partial charge in [-0.1, -0.05) is 17.3 Å². The van der Waals surface area contributed by atoms with Gasteiger partial charge in [-0.3, -0.25) is 4.79 Å². The number of thioether (sulfide) groups is 1. The van der Waals surface area contributed by atoms with Crippen LogP contribution in [0.15, 0.2) is 52.1 Å². The van der Waals surface area contributed by atoms with Gasteiger partial charge in [0, 0.05) is 17.5 Å². The third kappa shape index (κ3) is 3.88. The molecule has 0 saturated heterocycles. The Morgan fingerprint density at radius 1 is 1.24 bits per heavy atom. The third-order valence-corrected chi connectivity index (χ3v) is 4.70. The van der Waals surface area contributed by atoms with Crippen LogP contribution in [-0.2, 0) is 5.75 Å². The second kappa shape index (κ2) is 7.48. The molecule has 0 bridgehead atoms. The number of nitrogens with one attached hydrogen (secondary N) is 1. The van der Waals surface area contributed by atoms with Crippen molar-refractivity contribution in [2.75, 3.05) is 5.32 Å². The lowest BCUT2D eigenvalue weighted by Gasteiger charge is -2.09. The van der Waals surface area contributed by atoms with Gasteiger partial charge in [0.1, 0.15) is 16.6 Å². The van der Waals surface area contributed by atoms with Gasteiger partial charge in [-0.15, -0.1) is 11.8 Å². The standard InChI is InChI=1S/C18H16FN3O2S/c1-11-14(12(2)24-22-11)10-25-18-13(6-5-9-20-18)17(23)21-16-8-4-3-7-15(16)19/h3-9H,10H2,1-2H3,(H,21,23). The van der Waals surface area contributed by atoms with E-state index in [1.165, 1.54) is 23.9 Å². The lowest BCUT2D eigenvalue weighted by atomic mass is 10.2. The fourth-order valence-electron chi connectivity index (χ4n) is 2.28. The van der Waals surface area contributed by atoms with E-state index in [9.17, 15) is 9.18 Å². The number of aromatic nitrogens is 2. The molecule has 1 aromatic carbocycles. The monoisotopic (exact) mass is 357 g/mol. The number of anilines is 1. The van der Waals surface area contributed by atoms with E-state index in [2.05, 4.69) is 15.5 Å². The van der Waals surface area contributed by atoms with Crippen molar-refractivity contribution in [2.45, 2.75) is 24.6 Å². The third-order valence-electron chi connectivity index (χ3n) is 3.67. The second-order valence-electron chi connectivity index (χ2n) is 5.38. The maximum atomic E-state index is 13.7. The Kier molecular flexibility index (Phi) is 5.14. The SMILES string of the molecule is Cc1noc(C)c1CSc1ncccc1C(=O)Nc1ccccc1F. The number of halogens is 1. The quantitative estimate of drug-likeness (QED) is 0.687. The first-order valence-electron chi connectivity index (χ1n) is 7.61. The summed E-state index contributed by atoms with van der Waals surface area (Å²) in [7, 11) is 0. The molecule has 0 aliphatic rings. The van der Waals surface area contributed by atoms with E-state index in [0.29, 0.717) is 16.3 Å². The van der Waals surface area contributed by atoms with Crippen LogP contribution in [-0.4, -0.2) is 16.0 Å².